The summed E-state index contributed by atoms with van der Waals surface area (Å²) < 4.78 is 20.8. The van der Waals surface area contributed by atoms with E-state index in [0.717, 1.165) is 12.8 Å². The maximum atomic E-state index is 14.1. The van der Waals surface area contributed by atoms with E-state index in [9.17, 15) is 23.9 Å². The zero-order valence-electron chi connectivity index (χ0n) is 18.4. The van der Waals surface area contributed by atoms with Gasteiger partial charge in [0, 0.05) is 45.1 Å². The molecule has 2 aromatic rings. The largest absolute Gasteiger partial charge is 0.503 e. The molecule has 4 rings (SSSR count). The Hall–Kier alpha value is -2.91. The van der Waals surface area contributed by atoms with E-state index in [2.05, 4.69) is 5.32 Å². The number of fused-ring (bicyclic) bond motifs is 1. The lowest BCUT2D eigenvalue weighted by molar-refractivity contribution is -0.0533. The van der Waals surface area contributed by atoms with Crippen LogP contribution in [0, 0.1) is 11.7 Å². The fraction of sp³-hybridized carbons (Fsp3) is 0.435. The van der Waals surface area contributed by atoms with Crippen LogP contribution < -0.4 is 10.7 Å². The lowest BCUT2D eigenvalue weighted by atomic mass is 9.66. The number of amides is 2. The molecule has 0 saturated heterocycles. The van der Waals surface area contributed by atoms with Gasteiger partial charge in [0.05, 0.1) is 10.6 Å². The van der Waals surface area contributed by atoms with Gasteiger partial charge in [0.15, 0.2) is 11.4 Å². The molecule has 176 valence electrons. The summed E-state index contributed by atoms with van der Waals surface area (Å²) in [7, 11) is 1.63. The maximum Gasteiger partial charge on any atom is 0.275 e. The average Bonchev–Trinajstić information content (AvgIpc) is 2.76. The Morgan fingerprint density at radius 3 is 2.76 bits per heavy atom. The lowest BCUT2D eigenvalue weighted by Gasteiger charge is -2.56. The molecule has 2 heterocycles. The highest BCUT2D eigenvalue weighted by Gasteiger charge is 2.53. The number of carbonyl (C=O) groups is 2. The van der Waals surface area contributed by atoms with E-state index in [1.165, 1.54) is 22.9 Å². The molecule has 0 radical (unpaired) electrons. The molecule has 0 bridgehead atoms. The third kappa shape index (κ3) is 3.89. The second-order valence-electron chi connectivity index (χ2n) is 8.60. The predicted octanol–water partition coefficient (Wildman–Crippen LogP) is 2.55. The number of benzene rings is 1. The molecule has 2 aliphatic rings. The van der Waals surface area contributed by atoms with Crippen LogP contribution in [0.5, 0.6) is 5.75 Å². The molecule has 8 nitrogen and oxygen atoms in total. The number of aromatic nitrogens is 1. The van der Waals surface area contributed by atoms with Gasteiger partial charge in [0.25, 0.3) is 11.8 Å². The molecule has 1 spiro atoms. The van der Waals surface area contributed by atoms with Crippen LogP contribution >= 0.6 is 11.6 Å². The molecule has 0 unspecified atom stereocenters. The number of carbonyl (C=O) groups excluding carboxylic acids is 2. The van der Waals surface area contributed by atoms with Crippen molar-refractivity contribution in [3.63, 3.8) is 0 Å². The quantitative estimate of drug-likeness (QED) is 0.666. The summed E-state index contributed by atoms with van der Waals surface area (Å²) in [4.78, 5) is 40.4. The molecule has 0 atom stereocenters. The fourth-order valence-corrected chi connectivity index (χ4v) is 5.25. The van der Waals surface area contributed by atoms with E-state index in [1.807, 2.05) is 6.92 Å². The van der Waals surface area contributed by atoms with Crippen LogP contribution in [-0.4, -0.2) is 52.2 Å². The van der Waals surface area contributed by atoms with Crippen LogP contribution in [0.3, 0.4) is 0 Å². The molecule has 10 heteroatoms. The smallest absolute Gasteiger partial charge is 0.275 e. The highest BCUT2D eigenvalue weighted by Crippen LogP contribution is 2.47. The van der Waals surface area contributed by atoms with Crippen molar-refractivity contribution in [2.75, 3.05) is 20.3 Å². The molecule has 1 fully saturated rings. The number of hydrogen-bond acceptors (Lipinski definition) is 5. The monoisotopic (exact) mass is 477 g/mol. The zero-order valence-corrected chi connectivity index (χ0v) is 19.1. The Bertz CT molecular complexity index is 1180. The molecule has 2 amide bonds. The highest BCUT2D eigenvalue weighted by molar-refractivity contribution is 6.30. The Balaban J connectivity index is 1.63. The molecule has 1 aliphatic carbocycles. The summed E-state index contributed by atoms with van der Waals surface area (Å²) in [5.74, 6) is -2.34. The maximum absolute atomic E-state index is 14.1. The molecule has 1 saturated carbocycles. The first-order valence-electron chi connectivity index (χ1n) is 10.7. The summed E-state index contributed by atoms with van der Waals surface area (Å²) in [5.41, 5.74) is -1.69. The zero-order chi connectivity index (χ0) is 23.9. The predicted molar refractivity (Wildman–Crippen MR) is 119 cm³/mol. The van der Waals surface area contributed by atoms with Gasteiger partial charge in [-0.25, -0.2) is 4.39 Å². The summed E-state index contributed by atoms with van der Waals surface area (Å²) in [6, 6.07) is 4.40. The van der Waals surface area contributed by atoms with Gasteiger partial charge < -0.3 is 24.6 Å². The SMILES string of the molecule is CCN1C(=O)c2c(O)c(=O)c(C(=O)NCc3cccc(Cl)c3F)cn2C[C@]12C[C@@H](COC)C2. The highest BCUT2D eigenvalue weighted by atomic mass is 35.5. The first-order valence-corrected chi connectivity index (χ1v) is 11.1. The molecular weight excluding hydrogens is 453 g/mol. The molecular formula is C23H25ClFN3O5. The molecule has 1 aliphatic heterocycles. The van der Waals surface area contributed by atoms with Gasteiger partial charge in [-0.3, -0.25) is 14.4 Å². The van der Waals surface area contributed by atoms with Crippen molar-refractivity contribution in [1.29, 1.82) is 0 Å². The second-order valence-corrected chi connectivity index (χ2v) is 9.00. The number of hydrogen-bond donors (Lipinski definition) is 2. The Kier molecular flexibility index (Phi) is 6.20. The van der Waals surface area contributed by atoms with Crippen molar-refractivity contribution in [2.24, 2.45) is 5.92 Å². The first-order chi connectivity index (χ1) is 15.7. The lowest BCUT2D eigenvalue weighted by Crippen LogP contribution is -2.65. The number of aromatic hydroxyl groups is 1. The normalized spacial score (nSPS) is 21.6. The van der Waals surface area contributed by atoms with E-state index >= 15 is 0 Å². The summed E-state index contributed by atoms with van der Waals surface area (Å²) in [6.45, 7) is 3.02. The number of likely N-dealkylation sites (N-methyl/N-ethyl adjacent to an activating group) is 1. The topological polar surface area (TPSA) is 101 Å². The van der Waals surface area contributed by atoms with Gasteiger partial charge in [0.1, 0.15) is 11.4 Å². The minimum atomic E-state index is -0.948. The summed E-state index contributed by atoms with van der Waals surface area (Å²) >= 11 is 5.77. The van der Waals surface area contributed by atoms with Crippen molar-refractivity contribution < 1.29 is 23.8 Å². The van der Waals surface area contributed by atoms with E-state index in [0.29, 0.717) is 25.6 Å². The fourth-order valence-electron chi connectivity index (χ4n) is 5.06. The van der Waals surface area contributed by atoms with Gasteiger partial charge >= 0.3 is 0 Å². The number of nitrogens with one attached hydrogen (secondary N) is 1. The minimum Gasteiger partial charge on any atom is -0.503 e. The third-order valence-electron chi connectivity index (χ3n) is 6.51. The van der Waals surface area contributed by atoms with Crippen LogP contribution in [0.2, 0.25) is 5.02 Å². The Morgan fingerprint density at radius 2 is 2.09 bits per heavy atom. The molecule has 33 heavy (non-hydrogen) atoms. The second kappa shape index (κ2) is 8.79. The van der Waals surface area contributed by atoms with Crippen LogP contribution in [0.1, 0.15) is 46.2 Å². The third-order valence-corrected chi connectivity index (χ3v) is 6.80. The van der Waals surface area contributed by atoms with Crippen LogP contribution in [0.25, 0.3) is 0 Å². The van der Waals surface area contributed by atoms with Crippen molar-refractivity contribution >= 4 is 23.4 Å². The van der Waals surface area contributed by atoms with Crippen molar-refractivity contribution in [3.8, 4) is 5.75 Å². The van der Waals surface area contributed by atoms with Gasteiger partial charge in [-0.1, -0.05) is 23.7 Å². The van der Waals surface area contributed by atoms with Gasteiger partial charge in [-0.2, -0.15) is 0 Å². The van der Waals surface area contributed by atoms with Crippen LogP contribution in [0.15, 0.2) is 29.2 Å². The standard InChI is InChI=1S/C23H25ClFN3O5/c1-3-28-22(32)18-20(30)19(29)15(10-27(18)12-23(28)7-13(8-23)11-33-2)21(31)26-9-14-5-4-6-16(24)17(14)25/h4-6,10,13,30H,3,7-9,11-12H2,1-2H3,(H,26,31)/t13-,23-. The summed E-state index contributed by atoms with van der Waals surface area (Å²) in [5, 5.41) is 13.0. The van der Waals surface area contributed by atoms with Crippen LogP contribution in [0.4, 0.5) is 4.39 Å². The number of nitrogens with zero attached hydrogens (tertiary/aromatic N) is 2. The molecule has 1 aromatic carbocycles. The van der Waals surface area contributed by atoms with Gasteiger partial charge in [0.2, 0.25) is 5.43 Å². The van der Waals surface area contributed by atoms with E-state index < -0.39 is 34.3 Å². The molecule has 2 N–H and O–H groups in total. The van der Waals surface area contributed by atoms with Gasteiger partial charge in [-0.05, 0) is 31.7 Å². The Labute approximate surface area is 194 Å². The first kappa shape index (κ1) is 23.3. The summed E-state index contributed by atoms with van der Waals surface area (Å²) in [6.07, 6.45) is 2.75. The number of pyridine rings is 1. The van der Waals surface area contributed by atoms with E-state index in [4.69, 9.17) is 16.3 Å². The van der Waals surface area contributed by atoms with E-state index in [1.54, 1.807) is 18.1 Å². The van der Waals surface area contributed by atoms with Crippen molar-refractivity contribution in [1.82, 2.24) is 14.8 Å². The number of ether oxygens (including phenoxy) is 1. The minimum absolute atomic E-state index is 0.0789. The number of halogens is 2. The van der Waals surface area contributed by atoms with Gasteiger partial charge in [-0.15, -0.1) is 0 Å². The Morgan fingerprint density at radius 1 is 1.36 bits per heavy atom. The molecule has 1 aromatic heterocycles. The van der Waals surface area contributed by atoms with Crippen molar-refractivity contribution in [3.05, 3.63) is 62.3 Å². The number of rotatable bonds is 6. The number of methoxy groups -OCH3 is 1. The van der Waals surface area contributed by atoms with E-state index in [-0.39, 0.29) is 28.4 Å². The van der Waals surface area contributed by atoms with Crippen molar-refractivity contribution in [2.45, 2.75) is 38.4 Å². The average molecular weight is 478 g/mol. The van der Waals surface area contributed by atoms with Crippen LogP contribution in [-0.2, 0) is 17.8 Å².